The summed E-state index contributed by atoms with van der Waals surface area (Å²) in [5.41, 5.74) is 6.67. The molecule has 1 aromatic carbocycles. The zero-order valence-corrected chi connectivity index (χ0v) is 10.2. The van der Waals surface area contributed by atoms with Crippen LogP contribution in [0.4, 0.5) is 10.5 Å². The second-order valence-electron chi connectivity index (χ2n) is 3.72. The standard InChI is InChI=1S/C12H18N4O/c1-3-8-15-12(17)16(2)10-7-5-4-6-9(10)11(13)14/h4-7H,3,8H2,1-2H3,(H3,13,14)(H,15,17). The smallest absolute Gasteiger partial charge is 0.321 e. The number of hydrogen-bond donors (Lipinski definition) is 3. The fourth-order valence-corrected chi connectivity index (χ4v) is 1.45. The van der Waals surface area contributed by atoms with E-state index >= 15 is 0 Å². The number of amides is 2. The van der Waals surface area contributed by atoms with E-state index in [-0.39, 0.29) is 11.9 Å². The number of nitrogens with zero attached hydrogens (tertiary/aromatic N) is 1. The van der Waals surface area contributed by atoms with Gasteiger partial charge in [0.2, 0.25) is 0 Å². The van der Waals surface area contributed by atoms with E-state index in [0.29, 0.717) is 17.8 Å². The lowest BCUT2D eigenvalue weighted by atomic mass is 10.1. The van der Waals surface area contributed by atoms with Crippen molar-refractivity contribution in [2.45, 2.75) is 13.3 Å². The molecule has 0 spiro atoms. The Morgan fingerprint density at radius 3 is 2.71 bits per heavy atom. The number of anilines is 1. The number of benzene rings is 1. The van der Waals surface area contributed by atoms with Crippen molar-refractivity contribution in [1.82, 2.24) is 5.32 Å². The summed E-state index contributed by atoms with van der Waals surface area (Å²) in [4.78, 5) is 13.2. The Balaban J connectivity index is 2.91. The minimum atomic E-state index is -0.194. The van der Waals surface area contributed by atoms with Crippen LogP contribution in [0.5, 0.6) is 0 Å². The summed E-state index contributed by atoms with van der Waals surface area (Å²) in [7, 11) is 1.66. The number of carbonyl (C=O) groups excluding carboxylic acids is 1. The molecular formula is C12H18N4O. The van der Waals surface area contributed by atoms with Gasteiger partial charge in [0, 0.05) is 19.2 Å². The number of amidine groups is 1. The Bertz CT molecular complexity index is 417. The van der Waals surface area contributed by atoms with E-state index in [9.17, 15) is 4.79 Å². The highest BCUT2D eigenvalue weighted by molar-refractivity contribution is 6.04. The molecule has 0 radical (unpaired) electrons. The van der Waals surface area contributed by atoms with Crippen LogP contribution in [0.15, 0.2) is 24.3 Å². The maximum atomic E-state index is 11.8. The maximum absolute atomic E-state index is 11.8. The number of hydrogen-bond acceptors (Lipinski definition) is 2. The molecule has 0 aliphatic heterocycles. The molecule has 1 aromatic rings. The van der Waals surface area contributed by atoms with Crippen molar-refractivity contribution in [2.75, 3.05) is 18.5 Å². The third-order valence-corrected chi connectivity index (χ3v) is 2.39. The van der Waals surface area contributed by atoms with Crippen LogP contribution in [0.2, 0.25) is 0 Å². The van der Waals surface area contributed by atoms with E-state index in [1.165, 1.54) is 4.90 Å². The first-order valence-electron chi connectivity index (χ1n) is 5.53. The molecule has 0 aliphatic carbocycles. The fraction of sp³-hybridized carbons (Fsp3) is 0.333. The van der Waals surface area contributed by atoms with Gasteiger partial charge in [-0.05, 0) is 18.6 Å². The lowest BCUT2D eigenvalue weighted by Gasteiger charge is -2.20. The Morgan fingerprint density at radius 2 is 2.12 bits per heavy atom. The maximum Gasteiger partial charge on any atom is 0.321 e. The summed E-state index contributed by atoms with van der Waals surface area (Å²) in [5.74, 6) is -0.0456. The summed E-state index contributed by atoms with van der Waals surface area (Å²) in [6, 6.07) is 6.90. The molecule has 92 valence electrons. The summed E-state index contributed by atoms with van der Waals surface area (Å²) in [5, 5.41) is 10.2. The number of urea groups is 1. The highest BCUT2D eigenvalue weighted by atomic mass is 16.2. The van der Waals surface area contributed by atoms with E-state index in [4.69, 9.17) is 11.1 Å². The van der Waals surface area contributed by atoms with Gasteiger partial charge in [-0.3, -0.25) is 10.3 Å². The molecule has 0 saturated heterocycles. The van der Waals surface area contributed by atoms with E-state index < -0.39 is 0 Å². The lowest BCUT2D eigenvalue weighted by molar-refractivity contribution is 0.247. The predicted octanol–water partition coefficient (Wildman–Crippen LogP) is 1.53. The average molecular weight is 234 g/mol. The zero-order valence-electron chi connectivity index (χ0n) is 10.2. The van der Waals surface area contributed by atoms with Gasteiger partial charge >= 0.3 is 6.03 Å². The number of nitrogens with two attached hydrogens (primary N) is 1. The van der Waals surface area contributed by atoms with Crippen molar-refractivity contribution in [2.24, 2.45) is 5.73 Å². The van der Waals surface area contributed by atoms with Crippen molar-refractivity contribution in [3.8, 4) is 0 Å². The minimum absolute atomic E-state index is 0.0456. The first-order chi connectivity index (χ1) is 8.07. The van der Waals surface area contributed by atoms with Crippen LogP contribution < -0.4 is 16.0 Å². The highest BCUT2D eigenvalue weighted by Gasteiger charge is 2.14. The number of carbonyl (C=O) groups is 1. The molecule has 5 nitrogen and oxygen atoms in total. The molecule has 0 heterocycles. The molecule has 0 saturated carbocycles. The normalized spacial score (nSPS) is 9.76. The second kappa shape index (κ2) is 5.89. The van der Waals surface area contributed by atoms with Crippen LogP contribution in [-0.4, -0.2) is 25.5 Å². The SMILES string of the molecule is CCCNC(=O)N(C)c1ccccc1C(=N)N. The van der Waals surface area contributed by atoms with E-state index in [1.54, 1.807) is 25.2 Å². The van der Waals surface area contributed by atoms with Crippen LogP contribution in [0.3, 0.4) is 0 Å². The van der Waals surface area contributed by atoms with Crippen molar-refractivity contribution >= 4 is 17.6 Å². The van der Waals surface area contributed by atoms with Gasteiger partial charge in [-0.2, -0.15) is 0 Å². The number of para-hydroxylation sites is 1. The summed E-state index contributed by atoms with van der Waals surface area (Å²) < 4.78 is 0. The second-order valence-corrected chi connectivity index (χ2v) is 3.72. The third kappa shape index (κ3) is 3.21. The molecule has 0 aliphatic rings. The van der Waals surface area contributed by atoms with Crippen LogP contribution in [0.25, 0.3) is 0 Å². The molecule has 1 rings (SSSR count). The molecule has 0 fully saturated rings. The molecule has 0 atom stereocenters. The Kier molecular flexibility index (Phi) is 4.51. The number of nitrogens with one attached hydrogen (secondary N) is 2. The topological polar surface area (TPSA) is 82.2 Å². The van der Waals surface area contributed by atoms with Crippen LogP contribution in [0.1, 0.15) is 18.9 Å². The highest BCUT2D eigenvalue weighted by Crippen LogP contribution is 2.18. The molecule has 0 bridgehead atoms. The number of rotatable bonds is 4. The molecule has 0 aromatic heterocycles. The van der Waals surface area contributed by atoms with Gasteiger partial charge in [-0.25, -0.2) is 4.79 Å². The molecule has 2 amide bonds. The van der Waals surface area contributed by atoms with Gasteiger partial charge < -0.3 is 11.1 Å². The quantitative estimate of drug-likeness (QED) is 0.545. The Morgan fingerprint density at radius 1 is 1.47 bits per heavy atom. The van der Waals surface area contributed by atoms with Crippen molar-refractivity contribution in [3.05, 3.63) is 29.8 Å². The van der Waals surface area contributed by atoms with Gasteiger partial charge in [0.25, 0.3) is 0 Å². The molecule has 4 N–H and O–H groups in total. The monoisotopic (exact) mass is 234 g/mol. The third-order valence-electron chi connectivity index (χ3n) is 2.39. The minimum Gasteiger partial charge on any atom is -0.384 e. The summed E-state index contributed by atoms with van der Waals surface area (Å²) >= 11 is 0. The Labute approximate surface area is 101 Å². The fourth-order valence-electron chi connectivity index (χ4n) is 1.45. The Hall–Kier alpha value is -2.04. The van der Waals surface area contributed by atoms with Gasteiger partial charge in [-0.15, -0.1) is 0 Å². The van der Waals surface area contributed by atoms with Gasteiger partial charge in [-0.1, -0.05) is 19.1 Å². The average Bonchev–Trinajstić information content (AvgIpc) is 2.34. The van der Waals surface area contributed by atoms with Crippen molar-refractivity contribution < 1.29 is 4.79 Å². The van der Waals surface area contributed by atoms with Gasteiger partial charge in [0.05, 0.1) is 5.69 Å². The molecule has 0 unspecified atom stereocenters. The molecule has 17 heavy (non-hydrogen) atoms. The summed E-state index contributed by atoms with van der Waals surface area (Å²) in [6.45, 7) is 2.62. The van der Waals surface area contributed by atoms with E-state index in [0.717, 1.165) is 6.42 Å². The molecule has 5 heteroatoms. The summed E-state index contributed by atoms with van der Waals surface area (Å²) in [6.07, 6.45) is 0.883. The first kappa shape index (κ1) is 13.0. The predicted molar refractivity (Wildman–Crippen MR) is 69.6 cm³/mol. The van der Waals surface area contributed by atoms with Crippen LogP contribution in [-0.2, 0) is 0 Å². The van der Waals surface area contributed by atoms with Gasteiger partial charge in [0.15, 0.2) is 0 Å². The van der Waals surface area contributed by atoms with Crippen molar-refractivity contribution in [3.63, 3.8) is 0 Å². The number of nitrogen functional groups attached to an aromatic ring is 1. The largest absolute Gasteiger partial charge is 0.384 e. The van der Waals surface area contributed by atoms with Crippen LogP contribution in [0, 0.1) is 5.41 Å². The van der Waals surface area contributed by atoms with Crippen LogP contribution >= 0.6 is 0 Å². The zero-order chi connectivity index (χ0) is 12.8. The van der Waals surface area contributed by atoms with E-state index in [2.05, 4.69) is 5.32 Å². The van der Waals surface area contributed by atoms with Crippen molar-refractivity contribution in [1.29, 1.82) is 5.41 Å². The van der Waals surface area contributed by atoms with Gasteiger partial charge in [0.1, 0.15) is 5.84 Å². The molecular weight excluding hydrogens is 216 g/mol. The van der Waals surface area contributed by atoms with E-state index in [1.807, 2.05) is 13.0 Å². The first-order valence-corrected chi connectivity index (χ1v) is 5.53. The lowest BCUT2D eigenvalue weighted by Crippen LogP contribution is -2.38.